The molecule has 0 aliphatic rings. The number of aromatic nitrogens is 2. The Kier molecular flexibility index (Phi) is 2.44. The summed E-state index contributed by atoms with van der Waals surface area (Å²) in [7, 11) is 0. The average Bonchev–Trinajstić information content (AvgIpc) is 2.57. The second kappa shape index (κ2) is 3.59. The smallest absolute Gasteiger partial charge is 0.313 e. The number of halogens is 2. The van der Waals surface area contributed by atoms with Gasteiger partial charge in [-0.15, -0.1) is 5.10 Å². The first kappa shape index (κ1) is 9.49. The van der Waals surface area contributed by atoms with Crippen molar-refractivity contribution >= 4 is 23.2 Å². The van der Waals surface area contributed by atoms with Crippen molar-refractivity contribution in [2.45, 2.75) is 6.92 Å². The van der Waals surface area contributed by atoms with Gasteiger partial charge in [0.2, 0.25) is 5.89 Å². The molecule has 0 aliphatic carbocycles. The highest BCUT2D eigenvalue weighted by atomic mass is 35.5. The van der Waals surface area contributed by atoms with Crippen LogP contribution in [0.15, 0.2) is 22.6 Å². The molecule has 14 heavy (non-hydrogen) atoms. The highest BCUT2D eigenvalue weighted by Crippen LogP contribution is 2.24. The molecule has 0 spiro atoms. The predicted octanol–water partition coefficient (Wildman–Crippen LogP) is 3.35. The minimum atomic E-state index is 0.0247. The molecule has 0 fully saturated rings. The molecule has 1 aromatic carbocycles. The van der Waals surface area contributed by atoms with Crippen LogP contribution in [0.4, 0.5) is 0 Å². The summed E-state index contributed by atoms with van der Waals surface area (Å²) in [5.74, 6) is 0.372. The van der Waals surface area contributed by atoms with Crippen molar-refractivity contribution in [3.8, 4) is 11.5 Å². The van der Waals surface area contributed by atoms with Gasteiger partial charge < -0.3 is 4.42 Å². The maximum absolute atomic E-state index is 5.95. The Morgan fingerprint density at radius 1 is 1.21 bits per heavy atom. The van der Waals surface area contributed by atoms with Crippen LogP contribution >= 0.6 is 23.2 Å². The first-order valence-electron chi connectivity index (χ1n) is 3.92. The molecule has 3 nitrogen and oxygen atoms in total. The van der Waals surface area contributed by atoms with Crippen molar-refractivity contribution in [1.29, 1.82) is 0 Å². The predicted molar refractivity (Wildman–Crippen MR) is 54.5 cm³/mol. The molecule has 0 N–H and O–H groups in total. The number of hydrogen-bond donors (Lipinski definition) is 0. The Bertz CT molecular complexity index is 468. The van der Waals surface area contributed by atoms with E-state index in [9.17, 15) is 0 Å². The Morgan fingerprint density at radius 3 is 2.57 bits per heavy atom. The quantitative estimate of drug-likeness (QED) is 0.752. The van der Waals surface area contributed by atoms with Crippen LogP contribution < -0.4 is 0 Å². The van der Waals surface area contributed by atoms with Crippen molar-refractivity contribution < 1.29 is 4.42 Å². The second-order valence-electron chi connectivity index (χ2n) is 2.82. The zero-order chi connectivity index (χ0) is 10.1. The molecule has 2 rings (SSSR count). The van der Waals surface area contributed by atoms with E-state index >= 15 is 0 Å². The second-order valence-corrected chi connectivity index (χ2v) is 3.55. The summed E-state index contributed by atoms with van der Waals surface area (Å²) >= 11 is 11.5. The molecule has 0 saturated heterocycles. The first-order valence-corrected chi connectivity index (χ1v) is 4.68. The van der Waals surface area contributed by atoms with E-state index in [-0.39, 0.29) is 5.35 Å². The van der Waals surface area contributed by atoms with E-state index in [1.807, 2.05) is 19.1 Å². The minimum absolute atomic E-state index is 0.0247. The largest absolute Gasteiger partial charge is 0.407 e. The molecule has 2 aromatic rings. The lowest BCUT2D eigenvalue weighted by molar-refractivity contribution is 0.571. The van der Waals surface area contributed by atoms with Crippen LogP contribution in [0.2, 0.25) is 10.4 Å². The van der Waals surface area contributed by atoms with Crippen molar-refractivity contribution in [3.63, 3.8) is 0 Å². The van der Waals surface area contributed by atoms with Crippen LogP contribution in [-0.2, 0) is 0 Å². The topological polar surface area (TPSA) is 38.9 Å². The number of nitrogens with zero attached hydrogens (tertiary/aromatic N) is 2. The number of rotatable bonds is 1. The van der Waals surface area contributed by atoms with Gasteiger partial charge in [0.05, 0.1) is 0 Å². The SMILES string of the molecule is Cc1ccc(-c2nnc(Cl)o2)cc1Cl. The molecule has 0 saturated carbocycles. The third-order valence-electron chi connectivity index (χ3n) is 1.82. The summed E-state index contributed by atoms with van der Waals surface area (Å²) in [4.78, 5) is 0. The zero-order valence-electron chi connectivity index (χ0n) is 7.29. The number of hydrogen-bond acceptors (Lipinski definition) is 3. The average molecular weight is 229 g/mol. The lowest BCUT2D eigenvalue weighted by Gasteiger charge is -1.98. The van der Waals surface area contributed by atoms with E-state index in [4.69, 9.17) is 27.6 Å². The molecule has 72 valence electrons. The highest BCUT2D eigenvalue weighted by molar-refractivity contribution is 6.31. The normalized spacial score (nSPS) is 10.5. The fourth-order valence-electron chi connectivity index (χ4n) is 1.05. The summed E-state index contributed by atoms with van der Waals surface area (Å²) in [6.45, 7) is 1.92. The third kappa shape index (κ3) is 1.74. The van der Waals surface area contributed by atoms with E-state index in [1.165, 1.54) is 0 Å². The Morgan fingerprint density at radius 2 is 2.00 bits per heavy atom. The molecule has 0 atom stereocenters. The molecule has 0 bridgehead atoms. The maximum Gasteiger partial charge on any atom is 0.313 e. The Hall–Kier alpha value is -1.06. The number of benzene rings is 1. The lowest BCUT2D eigenvalue weighted by Crippen LogP contribution is -1.80. The summed E-state index contributed by atoms with van der Waals surface area (Å²) in [6.07, 6.45) is 0. The number of aryl methyl sites for hydroxylation is 1. The van der Waals surface area contributed by atoms with E-state index in [0.29, 0.717) is 10.9 Å². The van der Waals surface area contributed by atoms with Gasteiger partial charge in [0, 0.05) is 10.6 Å². The van der Waals surface area contributed by atoms with Gasteiger partial charge in [-0.1, -0.05) is 22.8 Å². The van der Waals surface area contributed by atoms with Crippen molar-refractivity contribution in [2.24, 2.45) is 0 Å². The van der Waals surface area contributed by atoms with Gasteiger partial charge in [-0.2, -0.15) is 0 Å². The first-order chi connectivity index (χ1) is 6.66. The van der Waals surface area contributed by atoms with Gasteiger partial charge in [-0.25, -0.2) is 0 Å². The van der Waals surface area contributed by atoms with Crippen molar-refractivity contribution in [2.75, 3.05) is 0 Å². The molecule has 0 radical (unpaired) electrons. The van der Waals surface area contributed by atoms with Crippen LogP contribution in [0.25, 0.3) is 11.5 Å². The molecule has 1 heterocycles. The fraction of sp³-hybridized carbons (Fsp3) is 0.111. The summed E-state index contributed by atoms with van der Waals surface area (Å²) < 4.78 is 5.05. The van der Waals surface area contributed by atoms with Gasteiger partial charge in [-0.3, -0.25) is 0 Å². The van der Waals surface area contributed by atoms with E-state index in [0.717, 1.165) is 11.1 Å². The van der Waals surface area contributed by atoms with E-state index < -0.39 is 0 Å². The molecular formula is C9H6Cl2N2O. The zero-order valence-corrected chi connectivity index (χ0v) is 8.80. The minimum Gasteiger partial charge on any atom is -0.407 e. The maximum atomic E-state index is 5.95. The van der Waals surface area contributed by atoms with Gasteiger partial charge in [0.25, 0.3) is 0 Å². The third-order valence-corrected chi connectivity index (χ3v) is 2.38. The Balaban J connectivity index is 2.47. The monoisotopic (exact) mass is 228 g/mol. The van der Waals surface area contributed by atoms with Crippen LogP contribution in [0.3, 0.4) is 0 Å². The summed E-state index contributed by atoms with van der Waals surface area (Å²) in [5, 5.41) is 7.99. The van der Waals surface area contributed by atoms with Crippen LogP contribution in [-0.4, -0.2) is 10.2 Å². The van der Waals surface area contributed by atoms with Crippen LogP contribution in [0, 0.1) is 6.92 Å². The molecule has 1 aromatic heterocycles. The van der Waals surface area contributed by atoms with Gasteiger partial charge >= 0.3 is 5.35 Å². The highest BCUT2D eigenvalue weighted by Gasteiger charge is 2.07. The van der Waals surface area contributed by atoms with Crippen molar-refractivity contribution in [1.82, 2.24) is 10.2 Å². The lowest BCUT2D eigenvalue weighted by atomic mass is 10.1. The van der Waals surface area contributed by atoms with Gasteiger partial charge in [-0.05, 0) is 36.2 Å². The van der Waals surface area contributed by atoms with Crippen LogP contribution in [0.1, 0.15) is 5.56 Å². The molecule has 0 amide bonds. The molecule has 0 aliphatic heterocycles. The Labute approximate surface area is 90.7 Å². The van der Waals surface area contributed by atoms with E-state index in [2.05, 4.69) is 10.2 Å². The standard InChI is InChI=1S/C9H6Cl2N2O/c1-5-2-3-6(4-7(5)10)8-12-13-9(11)14-8/h2-4H,1H3. The fourth-order valence-corrected chi connectivity index (χ4v) is 1.34. The molecule has 5 heteroatoms. The molecular weight excluding hydrogens is 223 g/mol. The summed E-state index contributed by atoms with van der Waals surface area (Å²) in [6, 6.07) is 5.50. The molecule has 0 unspecified atom stereocenters. The van der Waals surface area contributed by atoms with Crippen LogP contribution in [0.5, 0.6) is 0 Å². The van der Waals surface area contributed by atoms with Gasteiger partial charge in [0.15, 0.2) is 0 Å². The summed E-state index contributed by atoms with van der Waals surface area (Å²) in [5.41, 5.74) is 1.76. The van der Waals surface area contributed by atoms with E-state index in [1.54, 1.807) is 6.07 Å². The van der Waals surface area contributed by atoms with Crippen molar-refractivity contribution in [3.05, 3.63) is 34.1 Å². The van der Waals surface area contributed by atoms with Gasteiger partial charge in [0.1, 0.15) is 0 Å².